The van der Waals surface area contributed by atoms with E-state index in [0.717, 1.165) is 36.4 Å². The lowest BCUT2D eigenvalue weighted by Crippen LogP contribution is -2.41. The maximum atomic E-state index is 12.5. The van der Waals surface area contributed by atoms with E-state index in [1.165, 1.54) is 6.33 Å². The smallest absolute Gasteiger partial charge is 0.227 e. The molecule has 1 unspecified atom stereocenters. The average Bonchev–Trinajstić information content (AvgIpc) is 3.13. The number of hydrogen-bond acceptors (Lipinski definition) is 5. The van der Waals surface area contributed by atoms with Gasteiger partial charge in [-0.2, -0.15) is 5.10 Å². The van der Waals surface area contributed by atoms with Gasteiger partial charge in [0.15, 0.2) is 0 Å². The molecular formula is C14H19N5O2. The summed E-state index contributed by atoms with van der Waals surface area (Å²) in [5.74, 6) is 0.847. The van der Waals surface area contributed by atoms with Crippen molar-refractivity contribution in [2.75, 3.05) is 13.1 Å². The summed E-state index contributed by atoms with van der Waals surface area (Å²) >= 11 is 0. The number of nitrogens with zero attached hydrogens (tertiary/aromatic N) is 5. The molecule has 0 spiro atoms. The second-order valence-corrected chi connectivity index (χ2v) is 5.49. The fraction of sp³-hybridized carbons (Fsp3) is 0.571. The van der Waals surface area contributed by atoms with Crippen molar-refractivity contribution >= 4 is 5.91 Å². The Hall–Kier alpha value is -2.18. The first-order valence-electron chi connectivity index (χ1n) is 7.19. The molecular weight excluding hydrogens is 270 g/mol. The molecule has 1 saturated heterocycles. The SMILES string of the molecule is Cc1noc(C)c1CC(=O)N1CCCC(n2cncn2)C1. The van der Waals surface area contributed by atoms with Crippen LogP contribution in [0.5, 0.6) is 0 Å². The molecule has 7 nitrogen and oxygen atoms in total. The Balaban J connectivity index is 1.67. The predicted molar refractivity (Wildman–Crippen MR) is 74.6 cm³/mol. The molecule has 1 aliphatic rings. The minimum Gasteiger partial charge on any atom is -0.361 e. The van der Waals surface area contributed by atoms with Crippen LogP contribution in [0.4, 0.5) is 0 Å². The number of carbonyl (C=O) groups excluding carboxylic acids is 1. The van der Waals surface area contributed by atoms with Gasteiger partial charge in [0.1, 0.15) is 18.4 Å². The number of carbonyl (C=O) groups is 1. The Kier molecular flexibility index (Phi) is 3.72. The highest BCUT2D eigenvalue weighted by atomic mass is 16.5. The zero-order valence-corrected chi connectivity index (χ0v) is 12.3. The van der Waals surface area contributed by atoms with Gasteiger partial charge >= 0.3 is 0 Å². The highest BCUT2D eigenvalue weighted by Gasteiger charge is 2.26. The van der Waals surface area contributed by atoms with Gasteiger partial charge in [-0.25, -0.2) is 9.67 Å². The highest BCUT2D eigenvalue weighted by Crippen LogP contribution is 2.22. The van der Waals surface area contributed by atoms with Crippen molar-refractivity contribution in [1.82, 2.24) is 24.8 Å². The second-order valence-electron chi connectivity index (χ2n) is 5.49. The Bertz CT molecular complexity index is 600. The molecule has 2 aromatic heterocycles. The average molecular weight is 289 g/mol. The third-order valence-corrected chi connectivity index (χ3v) is 4.07. The van der Waals surface area contributed by atoms with Crippen molar-refractivity contribution in [2.45, 2.75) is 39.2 Å². The summed E-state index contributed by atoms with van der Waals surface area (Å²) in [6.07, 6.45) is 5.61. The topological polar surface area (TPSA) is 77.0 Å². The lowest BCUT2D eigenvalue weighted by molar-refractivity contribution is -0.132. The first kappa shape index (κ1) is 13.8. The second kappa shape index (κ2) is 5.67. The molecule has 0 radical (unpaired) electrons. The van der Waals surface area contributed by atoms with Crippen LogP contribution in [0.25, 0.3) is 0 Å². The molecule has 1 aliphatic heterocycles. The molecule has 1 amide bonds. The van der Waals surface area contributed by atoms with Crippen molar-refractivity contribution in [3.05, 3.63) is 29.7 Å². The summed E-state index contributed by atoms with van der Waals surface area (Å²) in [7, 11) is 0. The zero-order chi connectivity index (χ0) is 14.8. The lowest BCUT2D eigenvalue weighted by Gasteiger charge is -2.32. The highest BCUT2D eigenvalue weighted by molar-refractivity contribution is 5.79. The molecule has 0 bridgehead atoms. The van der Waals surface area contributed by atoms with Gasteiger partial charge in [0.25, 0.3) is 0 Å². The molecule has 0 N–H and O–H groups in total. The Labute approximate surface area is 122 Å². The van der Waals surface area contributed by atoms with Gasteiger partial charge in [-0.1, -0.05) is 5.16 Å². The summed E-state index contributed by atoms with van der Waals surface area (Å²) in [6, 6.07) is 0.217. The van der Waals surface area contributed by atoms with Crippen LogP contribution in [0, 0.1) is 13.8 Å². The van der Waals surface area contributed by atoms with E-state index in [9.17, 15) is 4.79 Å². The van der Waals surface area contributed by atoms with E-state index in [1.807, 2.05) is 23.4 Å². The molecule has 21 heavy (non-hydrogen) atoms. The minimum absolute atomic E-state index is 0.120. The summed E-state index contributed by atoms with van der Waals surface area (Å²) in [5.41, 5.74) is 1.70. The van der Waals surface area contributed by atoms with Gasteiger partial charge in [-0.15, -0.1) is 0 Å². The van der Waals surface area contributed by atoms with Crippen molar-refractivity contribution < 1.29 is 9.32 Å². The van der Waals surface area contributed by atoms with Crippen LogP contribution in [-0.2, 0) is 11.2 Å². The summed E-state index contributed by atoms with van der Waals surface area (Å²) in [6.45, 7) is 5.20. The van der Waals surface area contributed by atoms with Crippen LogP contribution >= 0.6 is 0 Å². The van der Waals surface area contributed by atoms with E-state index in [2.05, 4.69) is 15.2 Å². The number of hydrogen-bond donors (Lipinski definition) is 0. The Morgan fingerprint density at radius 3 is 3.00 bits per heavy atom. The van der Waals surface area contributed by atoms with E-state index in [4.69, 9.17) is 4.52 Å². The largest absolute Gasteiger partial charge is 0.361 e. The number of aryl methyl sites for hydroxylation is 2. The summed E-state index contributed by atoms with van der Waals surface area (Å²) in [5, 5.41) is 8.08. The van der Waals surface area contributed by atoms with E-state index >= 15 is 0 Å². The molecule has 2 aromatic rings. The quantitative estimate of drug-likeness (QED) is 0.851. The third kappa shape index (κ3) is 2.81. The molecule has 1 atom stereocenters. The van der Waals surface area contributed by atoms with Crippen molar-refractivity contribution in [1.29, 1.82) is 0 Å². The van der Waals surface area contributed by atoms with Crippen LogP contribution < -0.4 is 0 Å². The Morgan fingerprint density at radius 2 is 2.33 bits per heavy atom. The van der Waals surface area contributed by atoms with Crippen molar-refractivity contribution in [3.8, 4) is 0 Å². The zero-order valence-electron chi connectivity index (χ0n) is 12.3. The number of likely N-dealkylation sites (tertiary alicyclic amines) is 1. The monoisotopic (exact) mass is 289 g/mol. The van der Waals surface area contributed by atoms with Gasteiger partial charge in [-0.05, 0) is 26.7 Å². The van der Waals surface area contributed by atoms with E-state index < -0.39 is 0 Å². The number of amides is 1. The minimum atomic E-state index is 0.120. The summed E-state index contributed by atoms with van der Waals surface area (Å²) in [4.78, 5) is 18.4. The molecule has 3 rings (SSSR count). The van der Waals surface area contributed by atoms with Crippen molar-refractivity contribution in [3.63, 3.8) is 0 Å². The normalized spacial score (nSPS) is 19.0. The third-order valence-electron chi connectivity index (χ3n) is 4.07. The van der Waals surface area contributed by atoms with Crippen LogP contribution in [0.15, 0.2) is 17.2 Å². The van der Waals surface area contributed by atoms with Gasteiger partial charge in [0.2, 0.25) is 5.91 Å². The van der Waals surface area contributed by atoms with Gasteiger partial charge in [0, 0.05) is 18.7 Å². The van der Waals surface area contributed by atoms with Gasteiger partial charge in [-0.3, -0.25) is 4.79 Å². The van der Waals surface area contributed by atoms with Crippen LogP contribution in [-0.4, -0.2) is 43.8 Å². The first-order valence-corrected chi connectivity index (χ1v) is 7.19. The van der Waals surface area contributed by atoms with E-state index in [-0.39, 0.29) is 11.9 Å². The lowest BCUT2D eigenvalue weighted by atomic mass is 10.0. The van der Waals surface area contributed by atoms with E-state index in [0.29, 0.717) is 13.0 Å². The molecule has 1 fully saturated rings. The fourth-order valence-corrected chi connectivity index (χ4v) is 2.82. The van der Waals surface area contributed by atoms with E-state index in [1.54, 1.807) is 6.33 Å². The van der Waals surface area contributed by atoms with Crippen LogP contribution in [0.2, 0.25) is 0 Å². The molecule has 0 saturated carbocycles. The number of rotatable bonds is 3. The summed E-state index contributed by atoms with van der Waals surface area (Å²) < 4.78 is 6.96. The van der Waals surface area contributed by atoms with Crippen LogP contribution in [0.1, 0.15) is 35.9 Å². The van der Waals surface area contributed by atoms with Gasteiger partial charge < -0.3 is 9.42 Å². The fourth-order valence-electron chi connectivity index (χ4n) is 2.82. The first-order chi connectivity index (χ1) is 10.1. The standard InChI is InChI=1S/C14H19N5O2/c1-10-13(11(2)21-17-10)6-14(20)18-5-3-4-12(7-18)19-9-15-8-16-19/h8-9,12H,3-7H2,1-2H3. The number of piperidine rings is 1. The maximum absolute atomic E-state index is 12.5. The molecule has 0 aliphatic carbocycles. The van der Waals surface area contributed by atoms with Gasteiger partial charge in [0.05, 0.1) is 18.2 Å². The van der Waals surface area contributed by atoms with Crippen molar-refractivity contribution in [2.24, 2.45) is 0 Å². The molecule has 7 heteroatoms. The number of aromatic nitrogens is 4. The molecule has 0 aromatic carbocycles. The Morgan fingerprint density at radius 1 is 1.48 bits per heavy atom. The maximum Gasteiger partial charge on any atom is 0.227 e. The predicted octanol–water partition coefficient (Wildman–Crippen LogP) is 1.29. The van der Waals surface area contributed by atoms with Crippen LogP contribution in [0.3, 0.4) is 0 Å². The molecule has 112 valence electrons. The molecule has 3 heterocycles.